The molecule has 0 saturated carbocycles. The van der Waals surface area contributed by atoms with Crippen molar-refractivity contribution >= 4 is 80.1 Å². The van der Waals surface area contributed by atoms with Crippen LogP contribution in [0.2, 0.25) is 0 Å². The van der Waals surface area contributed by atoms with Gasteiger partial charge in [-0.25, -0.2) is 9.59 Å². The molecule has 5 N–H and O–H groups in total. The molecule has 0 saturated heterocycles. The molecule has 248 valence electrons. The van der Waals surface area contributed by atoms with Crippen molar-refractivity contribution in [3.63, 3.8) is 0 Å². The monoisotopic (exact) mass is 698 g/mol. The minimum atomic E-state index is -1.17. The van der Waals surface area contributed by atoms with Gasteiger partial charge >= 0.3 is 12.2 Å². The van der Waals surface area contributed by atoms with Crippen LogP contribution in [0.25, 0.3) is 0 Å². The average Bonchev–Trinajstić information content (AvgIpc) is 3.60. The molecule has 0 atom stereocenters. The molecule has 0 unspecified atom stereocenters. The van der Waals surface area contributed by atoms with Crippen molar-refractivity contribution in [1.29, 1.82) is 0 Å². The normalized spacial score (nSPS) is 11.0. The first kappa shape index (κ1) is 35.2. The van der Waals surface area contributed by atoms with Crippen LogP contribution in [0.4, 0.5) is 31.2 Å². The summed E-state index contributed by atoms with van der Waals surface area (Å²) < 4.78 is 5.27. The molecule has 0 spiro atoms. The van der Waals surface area contributed by atoms with Gasteiger partial charge in [0.05, 0.1) is 12.8 Å². The number of aromatic nitrogens is 4. The molecule has 0 aliphatic carbocycles. The molecule has 2 aromatic heterocycles. The molecular formula is C30H34N8O6S3. The number of nitrogens with zero attached hydrogens (tertiary/aromatic N) is 4. The first-order chi connectivity index (χ1) is 22.4. The summed E-state index contributed by atoms with van der Waals surface area (Å²) in [5, 5.41) is 38.2. The average molecular weight is 699 g/mol. The summed E-state index contributed by atoms with van der Waals surface area (Å²) in [6.45, 7) is 5.35. The molecule has 2 aromatic carbocycles. The Balaban J connectivity index is 1.13. The first-order valence-electron chi connectivity index (χ1n) is 14.4. The van der Waals surface area contributed by atoms with Crippen LogP contribution in [0.15, 0.2) is 48.5 Å². The summed E-state index contributed by atoms with van der Waals surface area (Å²) in [5.41, 5.74) is 1.70. The van der Waals surface area contributed by atoms with E-state index in [0.717, 1.165) is 27.1 Å². The molecule has 0 bridgehead atoms. The van der Waals surface area contributed by atoms with E-state index in [1.807, 2.05) is 0 Å². The van der Waals surface area contributed by atoms with Crippen LogP contribution in [0.3, 0.4) is 0 Å². The highest BCUT2D eigenvalue weighted by Crippen LogP contribution is 2.21. The standard InChI is InChI=1S/C30H34N8O6S3/c1-30(2,3)44-29(43)32-21-9-5-7-19(15-21)17-23(40)34-27-38-36-25(47-27)11-13-45-12-10-24-35-37-26(46-24)33-22(39)16-18-6-4-8-20(14-18)31-28(41)42/h4-9,14-15,31H,10-13,16-17H2,1-3H3,(H,32,43)(H,41,42)(H,33,37,39)(H,34,38,40). The molecule has 14 nitrogen and oxygen atoms in total. The van der Waals surface area contributed by atoms with Gasteiger partial charge in [0.1, 0.15) is 15.6 Å². The fourth-order valence-corrected chi connectivity index (χ4v) is 6.64. The number of thioether (sulfide) groups is 1. The molecule has 0 aliphatic heterocycles. The number of aryl methyl sites for hydroxylation is 2. The molecular weight excluding hydrogens is 665 g/mol. The minimum absolute atomic E-state index is 0.0693. The SMILES string of the molecule is CC(C)(C)OC(=O)Nc1cccc(CC(=O)Nc2nnc(CCSCCc3nnc(NC(=O)Cc4cccc(NC(=O)O)c4)s3)s2)c1. The highest BCUT2D eigenvalue weighted by molar-refractivity contribution is 7.99. The second-order valence-electron chi connectivity index (χ2n) is 11.0. The van der Waals surface area contributed by atoms with Crippen molar-refractivity contribution in [1.82, 2.24) is 20.4 Å². The molecule has 0 aliphatic rings. The summed E-state index contributed by atoms with van der Waals surface area (Å²) in [7, 11) is 0. The number of carbonyl (C=O) groups is 4. The summed E-state index contributed by atoms with van der Waals surface area (Å²) in [5.74, 6) is 1.09. The number of nitrogens with one attached hydrogen (secondary N) is 4. The van der Waals surface area contributed by atoms with Gasteiger partial charge in [0.25, 0.3) is 0 Å². The molecule has 0 radical (unpaired) electrons. The van der Waals surface area contributed by atoms with Crippen LogP contribution in [0, 0.1) is 0 Å². The van der Waals surface area contributed by atoms with Crippen LogP contribution >= 0.6 is 34.4 Å². The number of benzene rings is 2. The highest BCUT2D eigenvalue weighted by Gasteiger charge is 2.17. The van der Waals surface area contributed by atoms with Gasteiger partial charge in [-0.2, -0.15) is 11.8 Å². The molecule has 4 aromatic rings. The van der Waals surface area contributed by atoms with E-state index in [9.17, 15) is 19.2 Å². The fraction of sp³-hybridized carbons (Fsp3) is 0.333. The Kier molecular flexibility index (Phi) is 12.6. The number of amides is 4. The van der Waals surface area contributed by atoms with Crippen molar-refractivity contribution in [2.75, 3.05) is 32.8 Å². The molecule has 47 heavy (non-hydrogen) atoms. The molecule has 17 heteroatoms. The minimum Gasteiger partial charge on any atom is -0.465 e. The predicted molar refractivity (Wildman–Crippen MR) is 184 cm³/mol. The van der Waals surface area contributed by atoms with E-state index >= 15 is 0 Å². The summed E-state index contributed by atoms with van der Waals surface area (Å²) in [6.07, 6.45) is -0.186. The number of hydrogen-bond donors (Lipinski definition) is 5. The van der Waals surface area contributed by atoms with Crippen LogP contribution in [-0.4, -0.2) is 66.6 Å². The molecule has 0 fully saturated rings. The molecule has 4 amide bonds. The number of carbonyl (C=O) groups excluding carboxylic acids is 3. The second kappa shape index (κ2) is 16.8. The Morgan fingerprint density at radius 3 is 1.70 bits per heavy atom. The maximum absolute atomic E-state index is 12.6. The van der Waals surface area contributed by atoms with E-state index in [-0.39, 0.29) is 24.7 Å². The van der Waals surface area contributed by atoms with Gasteiger partial charge in [-0.3, -0.25) is 20.2 Å². The van der Waals surface area contributed by atoms with E-state index in [1.165, 1.54) is 22.7 Å². The number of anilines is 4. The number of carboxylic acid groups (broad SMARTS) is 1. The summed E-state index contributed by atoms with van der Waals surface area (Å²) in [4.78, 5) is 47.9. The van der Waals surface area contributed by atoms with Crippen LogP contribution in [0.5, 0.6) is 0 Å². The lowest BCUT2D eigenvalue weighted by Gasteiger charge is -2.19. The molecule has 2 heterocycles. The van der Waals surface area contributed by atoms with Crippen LogP contribution in [-0.2, 0) is 40.0 Å². The van der Waals surface area contributed by atoms with Crippen molar-refractivity contribution in [2.45, 2.75) is 52.1 Å². The number of hydrogen-bond acceptors (Lipinski definition) is 12. The van der Waals surface area contributed by atoms with Crippen molar-refractivity contribution in [2.24, 2.45) is 0 Å². The lowest BCUT2D eigenvalue weighted by Crippen LogP contribution is -2.27. The Morgan fingerprint density at radius 2 is 1.23 bits per heavy atom. The van der Waals surface area contributed by atoms with E-state index in [0.29, 0.717) is 40.0 Å². The van der Waals surface area contributed by atoms with Gasteiger partial charge in [-0.15, -0.1) is 20.4 Å². The fourth-order valence-electron chi connectivity index (χ4n) is 3.99. The van der Waals surface area contributed by atoms with Crippen molar-refractivity contribution in [3.8, 4) is 0 Å². The Morgan fingerprint density at radius 1 is 0.745 bits per heavy atom. The third-order valence-electron chi connectivity index (χ3n) is 5.83. The Hall–Kier alpha value is -4.61. The van der Waals surface area contributed by atoms with Gasteiger partial charge in [-0.1, -0.05) is 46.9 Å². The van der Waals surface area contributed by atoms with E-state index in [1.54, 1.807) is 81.1 Å². The van der Waals surface area contributed by atoms with Gasteiger partial charge in [0, 0.05) is 24.2 Å². The molecule has 4 rings (SSSR count). The van der Waals surface area contributed by atoms with Crippen LogP contribution in [0.1, 0.15) is 41.9 Å². The lowest BCUT2D eigenvalue weighted by atomic mass is 10.1. The number of ether oxygens (including phenoxy) is 1. The quantitative estimate of drug-likeness (QED) is 0.101. The maximum atomic E-state index is 12.6. The third kappa shape index (κ3) is 13.0. The van der Waals surface area contributed by atoms with Gasteiger partial charge in [0.15, 0.2) is 0 Å². The largest absolute Gasteiger partial charge is 0.465 e. The van der Waals surface area contributed by atoms with Crippen LogP contribution < -0.4 is 21.3 Å². The topological polar surface area (TPSA) is 197 Å². The van der Waals surface area contributed by atoms with E-state index in [4.69, 9.17) is 9.84 Å². The zero-order chi connectivity index (χ0) is 33.8. The van der Waals surface area contributed by atoms with Gasteiger partial charge in [0.2, 0.25) is 22.1 Å². The predicted octanol–water partition coefficient (Wildman–Crippen LogP) is 5.71. The van der Waals surface area contributed by atoms with Crippen molar-refractivity contribution in [3.05, 3.63) is 69.7 Å². The van der Waals surface area contributed by atoms with E-state index < -0.39 is 17.8 Å². The Labute approximate surface area is 283 Å². The highest BCUT2D eigenvalue weighted by atomic mass is 32.2. The second-order valence-corrected chi connectivity index (χ2v) is 14.4. The third-order valence-corrected chi connectivity index (χ3v) is 8.61. The summed E-state index contributed by atoms with van der Waals surface area (Å²) >= 11 is 4.36. The zero-order valence-electron chi connectivity index (χ0n) is 25.9. The zero-order valence-corrected chi connectivity index (χ0v) is 28.3. The van der Waals surface area contributed by atoms with Gasteiger partial charge < -0.3 is 20.5 Å². The first-order valence-corrected chi connectivity index (χ1v) is 17.2. The number of rotatable bonds is 14. The smallest absolute Gasteiger partial charge is 0.412 e. The Bertz CT molecular complexity index is 1700. The van der Waals surface area contributed by atoms with Gasteiger partial charge in [-0.05, 0) is 67.7 Å². The summed E-state index contributed by atoms with van der Waals surface area (Å²) in [6, 6.07) is 13.6. The van der Waals surface area contributed by atoms with Crippen molar-refractivity contribution < 1.29 is 29.0 Å². The maximum Gasteiger partial charge on any atom is 0.412 e. The lowest BCUT2D eigenvalue weighted by molar-refractivity contribution is -0.116. The van der Waals surface area contributed by atoms with E-state index in [2.05, 4.69) is 41.7 Å².